The normalized spacial score (nSPS) is 17.8. The van der Waals surface area contributed by atoms with E-state index in [0.29, 0.717) is 5.82 Å². The zero-order valence-corrected chi connectivity index (χ0v) is 10.8. The van der Waals surface area contributed by atoms with Gasteiger partial charge in [0, 0.05) is 13.5 Å². The minimum Gasteiger partial charge on any atom is -0.304 e. The second-order valence-electron chi connectivity index (χ2n) is 4.69. The van der Waals surface area contributed by atoms with Gasteiger partial charge in [0.1, 0.15) is 5.82 Å². The summed E-state index contributed by atoms with van der Waals surface area (Å²) in [5.74, 6) is 1.45. The lowest BCUT2D eigenvalue weighted by molar-refractivity contribution is 0.490. The Morgan fingerprint density at radius 2 is 2.00 bits per heavy atom. The van der Waals surface area contributed by atoms with Gasteiger partial charge in [-0.15, -0.1) is 10.2 Å². The zero-order chi connectivity index (χ0) is 12.5. The maximum absolute atomic E-state index is 11.2. The zero-order valence-electron chi connectivity index (χ0n) is 9.96. The summed E-state index contributed by atoms with van der Waals surface area (Å²) in [4.78, 5) is 0. The van der Waals surface area contributed by atoms with Crippen molar-refractivity contribution in [1.82, 2.24) is 14.8 Å². The van der Waals surface area contributed by atoms with Crippen molar-refractivity contribution >= 4 is 10.0 Å². The lowest BCUT2D eigenvalue weighted by Crippen LogP contribution is -2.17. The maximum Gasteiger partial charge on any atom is 0.273 e. The van der Waals surface area contributed by atoms with Crippen LogP contribution in [0.5, 0.6) is 0 Å². The molecule has 1 saturated carbocycles. The molecule has 0 aromatic carbocycles. The third-order valence-corrected chi connectivity index (χ3v) is 4.29. The molecule has 2 rings (SSSR count). The topological polar surface area (TPSA) is 90.9 Å². The van der Waals surface area contributed by atoms with Crippen LogP contribution in [0.1, 0.15) is 37.9 Å². The Balaban J connectivity index is 2.04. The van der Waals surface area contributed by atoms with Gasteiger partial charge in [-0.2, -0.15) is 0 Å². The first-order chi connectivity index (χ1) is 7.98. The Bertz CT molecular complexity index is 488. The fraction of sp³-hybridized carbons (Fsp3) is 0.800. The van der Waals surface area contributed by atoms with Crippen LogP contribution in [0.3, 0.4) is 0 Å². The molecule has 0 amide bonds. The van der Waals surface area contributed by atoms with Crippen molar-refractivity contribution in [3.05, 3.63) is 5.82 Å². The van der Waals surface area contributed by atoms with Gasteiger partial charge in [0.2, 0.25) is 0 Å². The average Bonchev–Trinajstić information content (AvgIpc) is 2.83. The lowest BCUT2D eigenvalue weighted by Gasteiger charge is -2.07. The van der Waals surface area contributed by atoms with Crippen LogP contribution in [-0.4, -0.2) is 23.2 Å². The smallest absolute Gasteiger partial charge is 0.273 e. The van der Waals surface area contributed by atoms with Gasteiger partial charge in [0.05, 0.1) is 0 Å². The van der Waals surface area contributed by atoms with Gasteiger partial charge in [0.25, 0.3) is 15.2 Å². The predicted molar refractivity (Wildman–Crippen MR) is 62.7 cm³/mol. The molecule has 2 N–H and O–H groups in total. The predicted octanol–water partition coefficient (Wildman–Crippen LogP) is 0.585. The molecule has 1 aliphatic rings. The highest BCUT2D eigenvalue weighted by Crippen LogP contribution is 2.28. The molecule has 0 atom stereocenters. The fourth-order valence-electron chi connectivity index (χ4n) is 2.44. The first kappa shape index (κ1) is 12.5. The molecule has 0 unspecified atom stereocenters. The molecule has 1 aromatic rings. The van der Waals surface area contributed by atoms with Gasteiger partial charge in [0.15, 0.2) is 0 Å². The molecule has 17 heavy (non-hydrogen) atoms. The Morgan fingerprint density at radius 1 is 1.35 bits per heavy atom. The molecule has 1 heterocycles. The van der Waals surface area contributed by atoms with Crippen molar-refractivity contribution in [3.8, 4) is 0 Å². The van der Waals surface area contributed by atoms with E-state index in [-0.39, 0.29) is 5.16 Å². The van der Waals surface area contributed by atoms with Crippen molar-refractivity contribution in [3.63, 3.8) is 0 Å². The van der Waals surface area contributed by atoms with Crippen LogP contribution in [-0.2, 0) is 23.5 Å². The highest BCUT2D eigenvalue weighted by Gasteiger charge is 2.20. The molecular weight excluding hydrogens is 240 g/mol. The van der Waals surface area contributed by atoms with Crippen LogP contribution in [0.4, 0.5) is 0 Å². The molecule has 1 aliphatic carbocycles. The van der Waals surface area contributed by atoms with Crippen LogP contribution in [0.2, 0.25) is 0 Å². The molecule has 96 valence electrons. The van der Waals surface area contributed by atoms with Gasteiger partial charge in [-0.25, -0.2) is 13.6 Å². The van der Waals surface area contributed by atoms with Crippen molar-refractivity contribution in [2.45, 2.75) is 43.7 Å². The van der Waals surface area contributed by atoms with E-state index in [1.807, 2.05) is 0 Å². The monoisotopic (exact) mass is 258 g/mol. The van der Waals surface area contributed by atoms with E-state index < -0.39 is 10.0 Å². The van der Waals surface area contributed by atoms with Crippen LogP contribution >= 0.6 is 0 Å². The summed E-state index contributed by atoms with van der Waals surface area (Å²) in [5, 5.41) is 12.4. The summed E-state index contributed by atoms with van der Waals surface area (Å²) in [6.45, 7) is 0. The number of hydrogen-bond donors (Lipinski definition) is 1. The molecule has 1 aromatic heterocycles. The first-order valence-electron chi connectivity index (χ1n) is 5.89. The second kappa shape index (κ2) is 4.73. The number of rotatable bonds is 4. The van der Waals surface area contributed by atoms with Crippen LogP contribution in [0, 0.1) is 5.92 Å². The molecule has 0 spiro atoms. The molecule has 1 fully saturated rings. The quantitative estimate of drug-likeness (QED) is 0.855. The number of aryl methyl sites for hydroxylation is 1. The van der Waals surface area contributed by atoms with E-state index >= 15 is 0 Å². The van der Waals surface area contributed by atoms with Gasteiger partial charge in [-0.1, -0.05) is 25.7 Å². The van der Waals surface area contributed by atoms with E-state index in [2.05, 4.69) is 10.2 Å². The van der Waals surface area contributed by atoms with Gasteiger partial charge in [-0.05, 0) is 12.3 Å². The van der Waals surface area contributed by atoms with Gasteiger partial charge >= 0.3 is 0 Å². The Kier molecular flexibility index (Phi) is 3.48. The Morgan fingerprint density at radius 3 is 2.53 bits per heavy atom. The molecule has 7 heteroatoms. The third-order valence-electron chi connectivity index (χ3n) is 3.43. The molecule has 0 saturated heterocycles. The van der Waals surface area contributed by atoms with Crippen molar-refractivity contribution in [2.75, 3.05) is 0 Å². The van der Waals surface area contributed by atoms with Gasteiger partial charge in [-0.3, -0.25) is 0 Å². The standard InChI is InChI=1S/C10H18N4O2S/c1-14-9(7-6-8-4-2-3-5-8)12-13-10(14)17(11,15)16/h8H,2-7H2,1H3,(H2,11,15,16). The van der Waals surface area contributed by atoms with E-state index in [0.717, 1.165) is 18.8 Å². The number of aromatic nitrogens is 3. The van der Waals surface area contributed by atoms with E-state index in [1.54, 1.807) is 7.05 Å². The van der Waals surface area contributed by atoms with E-state index in [4.69, 9.17) is 5.14 Å². The first-order valence-corrected chi connectivity index (χ1v) is 7.44. The molecular formula is C10H18N4O2S. The molecule has 0 bridgehead atoms. The molecule has 0 radical (unpaired) electrons. The molecule has 6 nitrogen and oxygen atoms in total. The number of sulfonamides is 1. The summed E-state index contributed by atoms with van der Waals surface area (Å²) < 4.78 is 23.8. The Labute approximate surface area is 101 Å². The third kappa shape index (κ3) is 2.84. The highest BCUT2D eigenvalue weighted by molar-refractivity contribution is 7.89. The van der Waals surface area contributed by atoms with Crippen molar-refractivity contribution in [2.24, 2.45) is 18.1 Å². The summed E-state index contributed by atoms with van der Waals surface area (Å²) in [6, 6.07) is 0. The van der Waals surface area contributed by atoms with Crippen LogP contribution in [0.25, 0.3) is 0 Å². The number of nitrogens with zero attached hydrogens (tertiary/aromatic N) is 3. The average molecular weight is 258 g/mol. The SMILES string of the molecule is Cn1c(CCC2CCCC2)nnc1S(N)(=O)=O. The molecule has 0 aliphatic heterocycles. The van der Waals surface area contributed by atoms with Gasteiger partial charge < -0.3 is 4.57 Å². The lowest BCUT2D eigenvalue weighted by atomic mass is 10.0. The second-order valence-corrected chi connectivity index (χ2v) is 6.15. The maximum atomic E-state index is 11.2. The van der Waals surface area contributed by atoms with Crippen LogP contribution in [0.15, 0.2) is 5.16 Å². The van der Waals surface area contributed by atoms with E-state index in [1.165, 1.54) is 30.3 Å². The van der Waals surface area contributed by atoms with Crippen molar-refractivity contribution < 1.29 is 8.42 Å². The Hall–Kier alpha value is -0.950. The summed E-state index contributed by atoms with van der Waals surface area (Å²) in [6.07, 6.45) is 7.00. The summed E-state index contributed by atoms with van der Waals surface area (Å²) >= 11 is 0. The van der Waals surface area contributed by atoms with Crippen LogP contribution < -0.4 is 5.14 Å². The largest absolute Gasteiger partial charge is 0.304 e. The van der Waals surface area contributed by atoms with Crippen molar-refractivity contribution in [1.29, 1.82) is 0 Å². The number of primary sulfonamides is 1. The highest BCUT2D eigenvalue weighted by atomic mass is 32.2. The number of nitrogens with two attached hydrogens (primary N) is 1. The summed E-state index contributed by atoms with van der Waals surface area (Å²) in [7, 11) is -2.12. The fourth-order valence-corrected chi connectivity index (χ4v) is 3.08. The minimum absolute atomic E-state index is 0.154. The summed E-state index contributed by atoms with van der Waals surface area (Å²) in [5.41, 5.74) is 0. The number of hydrogen-bond acceptors (Lipinski definition) is 4. The minimum atomic E-state index is -3.76. The van der Waals surface area contributed by atoms with E-state index in [9.17, 15) is 8.42 Å².